The molecule has 0 fully saturated rings. The van der Waals surface area contributed by atoms with Crippen LogP contribution in [0.5, 0.6) is 0 Å². The van der Waals surface area contributed by atoms with E-state index in [-0.39, 0.29) is 0 Å². The van der Waals surface area contributed by atoms with Crippen molar-refractivity contribution in [3.8, 4) is 5.69 Å². The summed E-state index contributed by atoms with van der Waals surface area (Å²) in [5.74, 6) is -1.68. The Morgan fingerprint density at radius 1 is 1.25 bits per heavy atom. The van der Waals surface area contributed by atoms with E-state index in [4.69, 9.17) is 0 Å². The molecule has 0 saturated heterocycles. The molecule has 0 atom stereocenters. The molecule has 1 aromatic carbocycles. The molecule has 5 heteroatoms. The first kappa shape index (κ1) is 9.33. The highest BCUT2D eigenvalue weighted by atomic mass is 19.2. The topological polar surface area (TPSA) is 29.9 Å². The predicted octanol–water partition coefficient (Wildman–Crippen LogP) is 2.12. The maximum atomic E-state index is 13.2. The molecule has 2 aromatic rings. The van der Waals surface area contributed by atoms with Crippen molar-refractivity contribution in [2.24, 2.45) is 0 Å². The van der Waals surface area contributed by atoms with Gasteiger partial charge in [0.2, 0.25) is 0 Å². The molecule has 0 radical (unpaired) electrons. The van der Waals surface area contributed by atoms with Gasteiger partial charge in [-0.15, -0.1) is 0 Å². The lowest BCUT2D eigenvalue weighted by Crippen LogP contribution is -2.03. The Hall–Kier alpha value is -1.91. The molecule has 0 spiro atoms. The largest absolute Gasteiger partial charge is 0.383 e. The van der Waals surface area contributed by atoms with Gasteiger partial charge < -0.3 is 9.88 Å². The van der Waals surface area contributed by atoms with Gasteiger partial charge in [0.15, 0.2) is 11.6 Å². The van der Waals surface area contributed by atoms with E-state index in [0.29, 0.717) is 17.9 Å². The lowest BCUT2D eigenvalue weighted by Gasteiger charge is -2.09. The first-order chi connectivity index (χ1) is 7.75. The van der Waals surface area contributed by atoms with E-state index in [1.54, 1.807) is 17.1 Å². The fourth-order valence-electron chi connectivity index (χ4n) is 1.93. The Morgan fingerprint density at radius 2 is 2.06 bits per heavy atom. The third-order valence-corrected chi connectivity index (χ3v) is 2.71. The quantitative estimate of drug-likeness (QED) is 0.738. The summed E-state index contributed by atoms with van der Waals surface area (Å²) in [6.07, 6.45) is 4.12. The van der Waals surface area contributed by atoms with Gasteiger partial charge in [0.05, 0.1) is 17.7 Å². The van der Waals surface area contributed by atoms with Crippen LogP contribution in [0.4, 0.5) is 14.5 Å². The van der Waals surface area contributed by atoms with Crippen LogP contribution in [0.15, 0.2) is 24.7 Å². The number of benzene rings is 1. The zero-order valence-corrected chi connectivity index (χ0v) is 8.37. The number of imidazole rings is 1. The van der Waals surface area contributed by atoms with Gasteiger partial charge in [-0.2, -0.15) is 0 Å². The Morgan fingerprint density at radius 3 is 2.94 bits per heavy atom. The van der Waals surface area contributed by atoms with Crippen LogP contribution in [-0.4, -0.2) is 16.1 Å². The Balaban J connectivity index is 2.27. The highest BCUT2D eigenvalue weighted by Gasteiger charge is 2.16. The van der Waals surface area contributed by atoms with Crippen molar-refractivity contribution in [3.05, 3.63) is 42.0 Å². The average molecular weight is 221 g/mol. The Kier molecular flexibility index (Phi) is 1.92. The first-order valence-electron chi connectivity index (χ1n) is 5.00. The van der Waals surface area contributed by atoms with E-state index in [2.05, 4.69) is 10.3 Å². The number of hydrogen-bond acceptors (Lipinski definition) is 2. The first-order valence-corrected chi connectivity index (χ1v) is 5.00. The maximum Gasteiger partial charge on any atom is 0.161 e. The zero-order chi connectivity index (χ0) is 11.1. The van der Waals surface area contributed by atoms with Gasteiger partial charge in [-0.1, -0.05) is 0 Å². The summed E-state index contributed by atoms with van der Waals surface area (Å²) < 4.78 is 28.1. The third-order valence-electron chi connectivity index (χ3n) is 2.71. The fraction of sp³-hybridized carbons (Fsp3) is 0.182. The number of fused-ring (bicyclic) bond motifs is 3. The average Bonchev–Trinajstić information content (AvgIpc) is 2.65. The summed E-state index contributed by atoms with van der Waals surface area (Å²) in [6.45, 7) is 0.684. The molecule has 1 aliphatic heterocycles. The van der Waals surface area contributed by atoms with Crippen LogP contribution in [0.3, 0.4) is 0 Å². The molecule has 0 aliphatic carbocycles. The van der Waals surface area contributed by atoms with Gasteiger partial charge in [-0.3, -0.25) is 0 Å². The van der Waals surface area contributed by atoms with Crippen molar-refractivity contribution in [1.82, 2.24) is 9.55 Å². The van der Waals surface area contributed by atoms with Crippen LogP contribution in [0.2, 0.25) is 0 Å². The Bertz CT molecular complexity index is 548. The van der Waals surface area contributed by atoms with Crippen molar-refractivity contribution in [1.29, 1.82) is 0 Å². The molecule has 1 N–H and O–H groups in total. The van der Waals surface area contributed by atoms with Crippen LogP contribution in [0.1, 0.15) is 5.69 Å². The van der Waals surface area contributed by atoms with Crippen molar-refractivity contribution >= 4 is 5.69 Å². The summed E-state index contributed by atoms with van der Waals surface area (Å²) in [5.41, 5.74) is 2.18. The van der Waals surface area contributed by atoms with E-state index in [0.717, 1.165) is 12.1 Å². The molecule has 16 heavy (non-hydrogen) atoms. The normalized spacial score (nSPS) is 13.6. The van der Waals surface area contributed by atoms with Crippen LogP contribution >= 0.6 is 0 Å². The summed E-state index contributed by atoms with van der Waals surface area (Å²) in [5, 5.41) is 3.07. The lowest BCUT2D eigenvalue weighted by molar-refractivity contribution is 0.508. The molecule has 1 aromatic heterocycles. The molecule has 1 aliphatic rings. The van der Waals surface area contributed by atoms with Crippen LogP contribution in [0, 0.1) is 11.6 Å². The molecule has 2 heterocycles. The third kappa shape index (κ3) is 1.28. The Labute approximate surface area is 90.7 Å². The van der Waals surface area contributed by atoms with Crippen LogP contribution in [-0.2, 0) is 6.42 Å². The monoisotopic (exact) mass is 221 g/mol. The summed E-state index contributed by atoms with van der Waals surface area (Å²) in [6, 6.07) is 2.37. The second-order valence-corrected chi connectivity index (χ2v) is 3.72. The van der Waals surface area contributed by atoms with E-state index in [1.165, 1.54) is 12.1 Å². The van der Waals surface area contributed by atoms with Crippen LogP contribution < -0.4 is 5.32 Å². The number of aromatic nitrogens is 2. The molecule has 3 nitrogen and oxygen atoms in total. The minimum atomic E-state index is -0.845. The molecular formula is C11H9F2N3. The van der Waals surface area contributed by atoms with E-state index in [9.17, 15) is 8.78 Å². The number of nitrogens with one attached hydrogen (secondary N) is 1. The van der Waals surface area contributed by atoms with E-state index in [1.807, 2.05) is 0 Å². The van der Waals surface area contributed by atoms with Crippen molar-refractivity contribution in [2.75, 3.05) is 11.9 Å². The standard InChI is InChI=1S/C11H9F2N3/c12-8-3-10-11(4-9(8)13)16-6-14-5-7(16)1-2-15-10/h3-6,15H,1-2H2. The van der Waals surface area contributed by atoms with Gasteiger partial charge in [-0.05, 0) is 0 Å². The molecule has 0 saturated carbocycles. The van der Waals surface area contributed by atoms with Crippen molar-refractivity contribution in [2.45, 2.75) is 6.42 Å². The smallest absolute Gasteiger partial charge is 0.161 e. The lowest BCUT2D eigenvalue weighted by atomic mass is 10.2. The van der Waals surface area contributed by atoms with Gasteiger partial charge in [0, 0.05) is 37.0 Å². The summed E-state index contributed by atoms with van der Waals surface area (Å²) in [7, 11) is 0. The van der Waals surface area contributed by atoms with Crippen molar-refractivity contribution in [3.63, 3.8) is 0 Å². The molecule has 0 unspecified atom stereocenters. The van der Waals surface area contributed by atoms with Gasteiger partial charge in [0.25, 0.3) is 0 Å². The van der Waals surface area contributed by atoms with Gasteiger partial charge >= 0.3 is 0 Å². The molecule has 0 bridgehead atoms. The molecular weight excluding hydrogens is 212 g/mol. The maximum absolute atomic E-state index is 13.2. The zero-order valence-electron chi connectivity index (χ0n) is 8.37. The second kappa shape index (κ2) is 3.30. The van der Waals surface area contributed by atoms with Gasteiger partial charge in [-0.25, -0.2) is 13.8 Å². The number of halogens is 2. The highest BCUT2D eigenvalue weighted by molar-refractivity contribution is 5.63. The predicted molar refractivity (Wildman–Crippen MR) is 55.7 cm³/mol. The number of rotatable bonds is 0. The summed E-state index contributed by atoms with van der Waals surface area (Å²) in [4.78, 5) is 4.02. The number of anilines is 1. The fourth-order valence-corrected chi connectivity index (χ4v) is 1.93. The van der Waals surface area contributed by atoms with E-state index < -0.39 is 11.6 Å². The van der Waals surface area contributed by atoms with Crippen LogP contribution in [0.25, 0.3) is 5.69 Å². The molecule has 3 rings (SSSR count). The second-order valence-electron chi connectivity index (χ2n) is 3.72. The highest BCUT2D eigenvalue weighted by Crippen LogP contribution is 2.27. The number of nitrogens with zero attached hydrogens (tertiary/aromatic N) is 2. The minimum absolute atomic E-state index is 0.593. The summed E-state index contributed by atoms with van der Waals surface area (Å²) >= 11 is 0. The van der Waals surface area contributed by atoms with Gasteiger partial charge in [0.1, 0.15) is 0 Å². The van der Waals surface area contributed by atoms with Crippen molar-refractivity contribution < 1.29 is 8.78 Å². The minimum Gasteiger partial charge on any atom is -0.383 e. The molecule has 82 valence electrons. The number of hydrogen-bond donors (Lipinski definition) is 1. The SMILES string of the molecule is Fc1cc2c(cc1F)-n1cncc1CCN2. The molecule has 0 amide bonds. The van der Waals surface area contributed by atoms with E-state index >= 15 is 0 Å².